The minimum Gasteiger partial charge on any atom is -0.341 e. The second-order valence-corrected chi connectivity index (χ2v) is 5.42. The van der Waals surface area contributed by atoms with Crippen LogP contribution in [0.15, 0.2) is 46.9 Å². The summed E-state index contributed by atoms with van der Waals surface area (Å²) in [5.74, 6) is 0. The van der Waals surface area contributed by atoms with E-state index in [-0.39, 0.29) is 0 Å². The summed E-state index contributed by atoms with van der Waals surface area (Å²) in [4.78, 5) is 2.37. The van der Waals surface area contributed by atoms with Gasteiger partial charge in [0, 0.05) is 28.9 Å². The molecule has 0 saturated heterocycles. The van der Waals surface area contributed by atoms with Gasteiger partial charge in [-0.05, 0) is 41.8 Å². The molecule has 1 heterocycles. The van der Waals surface area contributed by atoms with Gasteiger partial charge in [0.15, 0.2) is 0 Å². The van der Waals surface area contributed by atoms with Crippen molar-refractivity contribution >= 4 is 27.3 Å². The Balaban J connectivity index is 2.07. The Bertz CT molecular complexity index is 580. The third kappa shape index (κ3) is 1.93. The summed E-state index contributed by atoms with van der Waals surface area (Å²) in [6.07, 6.45) is 1.11. The highest BCUT2D eigenvalue weighted by Gasteiger charge is 2.21. The maximum Gasteiger partial charge on any atom is 0.0457 e. The normalized spacial score (nSPS) is 13.8. The molecule has 92 valence electrons. The largest absolute Gasteiger partial charge is 0.341 e. The van der Waals surface area contributed by atoms with Gasteiger partial charge in [0.1, 0.15) is 0 Å². The van der Waals surface area contributed by atoms with Crippen LogP contribution in [0.5, 0.6) is 0 Å². The Labute approximate surface area is 116 Å². The molecule has 3 heteroatoms. The Morgan fingerprint density at radius 1 is 1.11 bits per heavy atom. The maximum atomic E-state index is 5.86. The summed E-state index contributed by atoms with van der Waals surface area (Å²) in [6.45, 7) is 1.60. The molecule has 0 atom stereocenters. The van der Waals surface area contributed by atoms with E-state index >= 15 is 0 Å². The van der Waals surface area contributed by atoms with Gasteiger partial charge in [-0.25, -0.2) is 0 Å². The SMILES string of the molecule is NCc1cc(Br)ccc1N1CCc2ccccc21. The summed E-state index contributed by atoms with van der Waals surface area (Å²) in [5.41, 5.74) is 11.0. The van der Waals surface area contributed by atoms with E-state index in [0.717, 1.165) is 17.4 Å². The highest BCUT2D eigenvalue weighted by molar-refractivity contribution is 9.10. The molecule has 2 aromatic rings. The average Bonchev–Trinajstić information content (AvgIpc) is 2.82. The molecule has 1 aliphatic heterocycles. The molecule has 2 nitrogen and oxygen atoms in total. The molecule has 0 saturated carbocycles. The Hall–Kier alpha value is -1.32. The zero-order chi connectivity index (χ0) is 12.5. The van der Waals surface area contributed by atoms with E-state index in [1.165, 1.54) is 22.5 Å². The molecule has 0 bridgehead atoms. The first kappa shape index (κ1) is 11.8. The number of nitrogens with two attached hydrogens (primary N) is 1. The first-order valence-electron chi connectivity index (χ1n) is 6.13. The highest BCUT2D eigenvalue weighted by atomic mass is 79.9. The summed E-state index contributed by atoms with van der Waals surface area (Å²) in [5, 5.41) is 0. The fraction of sp³-hybridized carbons (Fsp3) is 0.200. The first-order valence-corrected chi connectivity index (χ1v) is 6.93. The van der Waals surface area contributed by atoms with Gasteiger partial charge in [0.2, 0.25) is 0 Å². The highest BCUT2D eigenvalue weighted by Crippen LogP contribution is 2.36. The fourth-order valence-electron chi connectivity index (χ4n) is 2.57. The van der Waals surface area contributed by atoms with E-state index in [4.69, 9.17) is 5.73 Å². The van der Waals surface area contributed by atoms with Crippen molar-refractivity contribution in [2.75, 3.05) is 11.4 Å². The number of para-hydroxylation sites is 1. The zero-order valence-electron chi connectivity index (χ0n) is 10.1. The van der Waals surface area contributed by atoms with E-state index in [1.54, 1.807) is 0 Å². The van der Waals surface area contributed by atoms with Crippen molar-refractivity contribution in [3.05, 3.63) is 58.1 Å². The van der Waals surface area contributed by atoms with Crippen molar-refractivity contribution in [1.29, 1.82) is 0 Å². The molecule has 2 N–H and O–H groups in total. The van der Waals surface area contributed by atoms with Crippen LogP contribution < -0.4 is 10.6 Å². The lowest BCUT2D eigenvalue weighted by Gasteiger charge is -2.22. The van der Waals surface area contributed by atoms with Gasteiger partial charge in [-0.3, -0.25) is 0 Å². The van der Waals surface area contributed by atoms with Gasteiger partial charge >= 0.3 is 0 Å². The number of anilines is 2. The Kier molecular flexibility index (Phi) is 3.10. The molecule has 0 aliphatic carbocycles. The van der Waals surface area contributed by atoms with Crippen LogP contribution in [0.25, 0.3) is 0 Å². The van der Waals surface area contributed by atoms with Crippen LogP contribution in [0.3, 0.4) is 0 Å². The number of benzene rings is 2. The Morgan fingerprint density at radius 2 is 1.94 bits per heavy atom. The number of hydrogen-bond acceptors (Lipinski definition) is 2. The predicted octanol–water partition coefficient (Wildman–Crippen LogP) is 3.60. The predicted molar refractivity (Wildman–Crippen MR) is 79.2 cm³/mol. The lowest BCUT2D eigenvalue weighted by atomic mass is 10.1. The van der Waals surface area contributed by atoms with Gasteiger partial charge in [0.05, 0.1) is 0 Å². The van der Waals surface area contributed by atoms with Crippen LogP contribution in [0.2, 0.25) is 0 Å². The maximum absolute atomic E-state index is 5.86. The molecule has 3 rings (SSSR count). The van der Waals surface area contributed by atoms with Gasteiger partial charge in [-0.1, -0.05) is 34.1 Å². The van der Waals surface area contributed by atoms with Crippen molar-refractivity contribution < 1.29 is 0 Å². The minimum absolute atomic E-state index is 0.563. The monoisotopic (exact) mass is 302 g/mol. The fourth-order valence-corrected chi connectivity index (χ4v) is 2.98. The van der Waals surface area contributed by atoms with E-state index in [9.17, 15) is 0 Å². The summed E-state index contributed by atoms with van der Waals surface area (Å²) >= 11 is 3.50. The Morgan fingerprint density at radius 3 is 2.78 bits per heavy atom. The van der Waals surface area contributed by atoms with Gasteiger partial charge in [0.25, 0.3) is 0 Å². The van der Waals surface area contributed by atoms with Crippen LogP contribution in [-0.2, 0) is 13.0 Å². The lowest BCUT2D eigenvalue weighted by molar-refractivity contribution is 0.971. The van der Waals surface area contributed by atoms with Crippen molar-refractivity contribution in [2.24, 2.45) is 5.73 Å². The minimum atomic E-state index is 0.563. The van der Waals surface area contributed by atoms with Crippen LogP contribution in [0.1, 0.15) is 11.1 Å². The third-order valence-electron chi connectivity index (χ3n) is 3.44. The van der Waals surface area contributed by atoms with Crippen LogP contribution in [0, 0.1) is 0 Å². The molecule has 0 spiro atoms. The van der Waals surface area contributed by atoms with E-state index in [0.29, 0.717) is 6.54 Å². The number of rotatable bonds is 2. The summed E-state index contributed by atoms with van der Waals surface area (Å²) in [6, 6.07) is 14.9. The molecule has 0 fully saturated rings. The standard InChI is InChI=1S/C15H15BrN2/c16-13-5-6-15(12(9-13)10-17)18-8-7-11-3-1-2-4-14(11)18/h1-6,9H,7-8,10,17H2. The van der Waals surface area contributed by atoms with Crippen molar-refractivity contribution in [2.45, 2.75) is 13.0 Å². The quantitative estimate of drug-likeness (QED) is 0.918. The number of nitrogens with zero attached hydrogens (tertiary/aromatic N) is 1. The second kappa shape index (κ2) is 4.75. The van der Waals surface area contributed by atoms with E-state index in [2.05, 4.69) is 63.3 Å². The van der Waals surface area contributed by atoms with E-state index < -0.39 is 0 Å². The smallest absolute Gasteiger partial charge is 0.0457 e. The van der Waals surface area contributed by atoms with E-state index in [1.807, 2.05) is 0 Å². The zero-order valence-corrected chi connectivity index (χ0v) is 11.7. The summed E-state index contributed by atoms with van der Waals surface area (Å²) in [7, 11) is 0. The van der Waals surface area contributed by atoms with Gasteiger partial charge in [-0.2, -0.15) is 0 Å². The number of halogens is 1. The molecule has 2 aromatic carbocycles. The molecular weight excluding hydrogens is 288 g/mol. The van der Waals surface area contributed by atoms with Crippen LogP contribution in [0.4, 0.5) is 11.4 Å². The van der Waals surface area contributed by atoms with Crippen LogP contribution >= 0.6 is 15.9 Å². The van der Waals surface area contributed by atoms with Gasteiger partial charge < -0.3 is 10.6 Å². The third-order valence-corrected chi connectivity index (χ3v) is 3.93. The number of hydrogen-bond donors (Lipinski definition) is 1. The number of fused-ring (bicyclic) bond motifs is 1. The van der Waals surface area contributed by atoms with Crippen molar-refractivity contribution in [1.82, 2.24) is 0 Å². The molecular formula is C15H15BrN2. The average molecular weight is 303 g/mol. The van der Waals surface area contributed by atoms with Crippen LogP contribution in [-0.4, -0.2) is 6.54 Å². The topological polar surface area (TPSA) is 29.3 Å². The first-order chi connectivity index (χ1) is 8.79. The molecule has 0 aromatic heterocycles. The van der Waals surface area contributed by atoms with Gasteiger partial charge in [-0.15, -0.1) is 0 Å². The molecule has 18 heavy (non-hydrogen) atoms. The van der Waals surface area contributed by atoms with Crippen molar-refractivity contribution in [3.63, 3.8) is 0 Å². The lowest BCUT2D eigenvalue weighted by Crippen LogP contribution is -2.16. The molecule has 1 aliphatic rings. The second-order valence-electron chi connectivity index (χ2n) is 4.51. The summed E-state index contributed by atoms with van der Waals surface area (Å²) < 4.78 is 1.08. The molecule has 0 radical (unpaired) electrons. The molecule has 0 unspecified atom stereocenters. The molecule has 0 amide bonds. The van der Waals surface area contributed by atoms with Crippen molar-refractivity contribution in [3.8, 4) is 0 Å².